The van der Waals surface area contributed by atoms with Crippen molar-refractivity contribution in [2.45, 2.75) is 0 Å². The molecule has 0 atom stereocenters. The van der Waals surface area contributed by atoms with E-state index in [0.29, 0.717) is 0 Å². The van der Waals surface area contributed by atoms with Gasteiger partial charge in [0.15, 0.2) is 0 Å². The van der Waals surface area contributed by atoms with Crippen LogP contribution < -0.4 is 4.90 Å². The SMILES string of the molecule is CN1C=CN=C(c2ccccc2)c2ccccc21. The minimum atomic E-state index is 1.02. The fourth-order valence-corrected chi connectivity index (χ4v) is 2.17. The van der Waals surface area contributed by atoms with Gasteiger partial charge >= 0.3 is 0 Å². The number of fused-ring (bicyclic) bond motifs is 1. The van der Waals surface area contributed by atoms with Gasteiger partial charge in [-0.05, 0) is 6.07 Å². The molecule has 0 spiro atoms. The van der Waals surface area contributed by atoms with Crippen LogP contribution in [-0.2, 0) is 0 Å². The summed E-state index contributed by atoms with van der Waals surface area (Å²) in [6.07, 6.45) is 3.83. The monoisotopic (exact) mass is 234 g/mol. The third kappa shape index (κ3) is 1.82. The third-order valence-corrected chi connectivity index (χ3v) is 3.08. The highest BCUT2D eigenvalue weighted by Crippen LogP contribution is 2.25. The van der Waals surface area contributed by atoms with Crippen LogP contribution in [0.3, 0.4) is 0 Å². The van der Waals surface area contributed by atoms with Crippen molar-refractivity contribution in [1.29, 1.82) is 0 Å². The molecule has 88 valence electrons. The summed E-state index contributed by atoms with van der Waals surface area (Å²) >= 11 is 0. The van der Waals surface area contributed by atoms with Gasteiger partial charge in [-0.2, -0.15) is 0 Å². The van der Waals surface area contributed by atoms with Gasteiger partial charge in [0.05, 0.1) is 5.71 Å². The Morgan fingerprint density at radius 1 is 0.889 bits per heavy atom. The second-order valence-electron chi connectivity index (χ2n) is 4.27. The van der Waals surface area contributed by atoms with E-state index in [0.717, 1.165) is 16.8 Å². The Bertz CT molecular complexity index is 612. The Labute approximate surface area is 107 Å². The number of nitrogens with zero attached hydrogens (tertiary/aromatic N) is 2. The van der Waals surface area contributed by atoms with E-state index in [2.05, 4.69) is 46.3 Å². The van der Waals surface area contributed by atoms with E-state index >= 15 is 0 Å². The van der Waals surface area contributed by atoms with Gasteiger partial charge in [0.25, 0.3) is 0 Å². The number of rotatable bonds is 1. The summed E-state index contributed by atoms with van der Waals surface area (Å²) in [6.45, 7) is 0. The zero-order chi connectivity index (χ0) is 12.4. The topological polar surface area (TPSA) is 15.6 Å². The minimum Gasteiger partial charge on any atom is -0.349 e. The molecule has 0 unspecified atom stereocenters. The van der Waals surface area contributed by atoms with E-state index < -0.39 is 0 Å². The Morgan fingerprint density at radius 2 is 1.61 bits per heavy atom. The van der Waals surface area contributed by atoms with Gasteiger partial charge in [0.1, 0.15) is 0 Å². The van der Waals surface area contributed by atoms with Crippen LogP contribution in [0.1, 0.15) is 11.1 Å². The highest BCUT2D eigenvalue weighted by molar-refractivity contribution is 6.16. The second-order valence-corrected chi connectivity index (χ2v) is 4.27. The average Bonchev–Trinajstić information content (AvgIpc) is 2.60. The molecule has 0 N–H and O–H groups in total. The Balaban J connectivity index is 2.19. The lowest BCUT2D eigenvalue weighted by Crippen LogP contribution is -2.11. The summed E-state index contributed by atoms with van der Waals surface area (Å²) in [7, 11) is 2.04. The third-order valence-electron chi connectivity index (χ3n) is 3.08. The van der Waals surface area contributed by atoms with Crippen LogP contribution in [0.25, 0.3) is 0 Å². The fourth-order valence-electron chi connectivity index (χ4n) is 2.17. The lowest BCUT2D eigenvalue weighted by atomic mass is 10.0. The molecule has 0 fully saturated rings. The molecule has 18 heavy (non-hydrogen) atoms. The molecular formula is C16H14N2. The average molecular weight is 234 g/mol. The van der Waals surface area contributed by atoms with Crippen LogP contribution in [-0.4, -0.2) is 12.8 Å². The zero-order valence-electron chi connectivity index (χ0n) is 10.2. The van der Waals surface area contributed by atoms with Crippen LogP contribution in [0, 0.1) is 0 Å². The van der Waals surface area contributed by atoms with Gasteiger partial charge in [-0.15, -0.1) is 0 Å². The van der Waals surface area contributed by atoms with E-state index in [4.69, 9.17) is 0 Å². The summed E-state index contributed by atoms with van der Waals surface area (Å²) in [5, 5.41) is 0. The lowest BCUT2D eigenvalue weighted by Gasteiger charge is -2.17. The van der Waals surface area contributed by atoms with E-state index in [1.54, 1.807) is 0 Å². The number of aliphatic imine (C=N–C) groups is 1. The first-order chi connectivity index (χ1) is 8.86. The van der Waals surface area contributed by atoms with Crippen LogP contribution in [0.5, 0.6) is 0 Å². The van der Waals surface area contributed by atoms with Crippen molar-refractivity contribution < 1.29 is 0 Å². The van der Waals surface area contributed by atoms with Crippen molar-refractivity contribution in [1.82, 2.24) is 0 Å². The summed E-state index contributed by atoms with van der Waals surface area (Å²) in [4.78, 5) is 6.67. The van der Waals surface area contributed by atoms with Crippen molar-refractivity contribution in [3.8, 4) is 0 Å². The molecule has 0 bridgehead atoms. The first-order valence-corrected chi connectivity index (χ1v) is 5.98. The van der Waals surface area contributed by atoms with Crippen LogP contribution in [0.4, 0.5) is 5.69 Å². The van der Waals surface area contributed by atoms with E-state index in [9.17, 15) is 0 Å². The number of benzene rings is 2. The lowest BCUT2D eigenvalue weighted by molar-refractivity contribution is 1.20. The van der Waals surface area contributed by atoms with Gasteiger partial charge in [-0.3, -0.25) is 4.99 Å². The molecule has 0 aromatic heterocycles. The fraction of sp³-hybridized carbons (Fsp3) is 0.0625. The normalized spacial score (nSPS) is 13.8. The van der Waals surface area contributed by atoms with Crippen LogP contribution >= 0.6 is 0 Å². The molecule has 3 rings (SSSR count). The number of anilines is 1. The van der Waals surface area contributed by atoms with Crippen LogP contribution in [0.2, 0.25) is 0 Å². The van der Waals surface area contributed by atoms with Crippen molar-refractivity contribution in [3.63, 3.8) is 0 Å². The highest BCUT2D eigenvalue weighted by atomic mass is 15.1. The number of hydrogen-bond acceptors (Lipinski definition) is 2. The molecule has 2 heteroatoms. The molecule has 0 amide bonds. The Hall–Kier alpha value is -2.35. The highest BCUT2D eigenvalue weighted by Gasteiger charge is 2.14. The van der Waals surface area contributed by atoms with Gasteiger partial charge in [0.2, 0.25) is 0 Å². The minimum absolute atomic E-state index is 1.02. The second kappa shape index (κ2) is 4.49. The van der Waals surface area contributed by atoms with Gasteiger partial charge in [0, 0.05) is 36.3 Å². The van der Waals surface area contributed by atoms with Gasteiger partial charge in [-0.1, -0.05) is 48.5 Å². The zero-order valence-corrected chi connectivity index (χ0v) is 10.2. The first kappa shape index (κ1) is 10.8. The molecule has 0 saturated carbocycles. The van der Waals surface area contributed by atoms with E-state index in [-0.39, 0.29) is 0 Å². The number of para-hydroxylation sites is 1. The summed E-state index contributed by atoms with van der Waals surface area (Å²) in [5.74, 6) is 0. The van der Waals surface area contributed by atoms with Crippen molar-refractivity contribution in [2.24, 2.45) is 4.99 Å². The smallest absolute Gasteiger partial charge is 0.0795 e. The van der Waals surface area contributed by atoms with Crippen molar-refractivity contribution in [2.75, 3.05) is 11.9 Å². The maximum atomic E-state index is 4.58. The molecule has 1 aliphatic rings. The first-order valence-electron chi connectivity index (χ1n) is 5.98. The van der Waals surface area contributed by atoms with Crippen molar-refractivity contribution >= 4 is 11.4 Å². The maximum absolute atomic E-state index is 4.58. The van der Waals surface area contributed by atoms with Crippen LogP contribution in [0.15, 0.2) is 72.0 Å². The summed E-state index contributed by atoms with van der Waals surface area (Å²) in [5.41, 5.74) is 4.50. The standard InChI is InChI=1S/C16H14N2/c1-18-12-11-17-16(13-7-3-2-4-8-13)14-9-5-6-10-15(14)18/h2-12H,1H3. The van der Waals surface area contributed by atoms with Crippen molar-refractivity contribution in [3.05, 3.63) is 78.1 Å². The Kier molecular flexibility index (Phi) is 2.69. The molecular weight excluding hydrogens is 220 g/mol. The number of hydrogen-bond donors (Lipinski definition) is 0. The molecule has 2 nitrogen and oxygen atoms in total. The van der Waals surface area contributed by atoms with E-state index in [1.165, 1.54) is 5.69 Å². The predicted octanol–water partition coefficient (Wildman–Crippen LogP) is 3.45. The van der Waals surface area contributed by atoms with E-state index in [1.807, 2.05) is 37.6 Å². The molecule has 0 aliphatic carbocycles. The van der Waals surface area contributed by atoms with Gasteiger partial charge < -0.3 is 4.90 Å². The Morgan fingerprint density at radius 3 is 2.44 bits per heavy atom. The summed E-state index contributed by atoms with van der Waals surface area (Å²) in [6, 6.07) is 18.6. The molecule has 0 radical (unpaired) electrons. The predicted molar refractivity (Wildman–Crippen MR) is 76.1 cm³/mol. The largest absolute Gasteiger partial charge is 0.349 e. The molecule has 2 aromatic carbocycles. The molecule has 2 aromatic rings. The quantitative estimate of drug-likeness (QED) is 0.738. The van der Waals surface area contributed by atoms with Gasteiger partial charge in [-0.25, -0.2) is 0 Å². The summed E-state index contributed by atoms with van der Waals surface area (Å²) < 4.78 is 0. The maximum Gasteiger partial charge on any atom is 0.0795 e. The molecule has 1 aliphatic heterocycles. The molecule has 1 heterocycles. The molecule has 0 saturated heterocycles.